The summed E-state index contributed by atoms with van der Waals surface area (Å²) in [6.07, 6.45) is 2.09. The molecule has 0 aliphatic heterocycles. The van der Waals surface area contributed by atoms with Crippen molar-refractivity contribution in [2.75, 3.05) is 25.0 Å². The van der Waals surface area contributed by atoms with Crippen LogP contribution >= 0.6 is 11.3 Å². The minimum Gasteiger partial charge on any atom is -0.321 e. The highest BCUT2D eigenvalue weighted by Crippen LogP contribution is 2.19. The Hall–Kier alpha value is -1.65. The lowest BCUT2D eigenvalue weighted by atomic mass is 10.1. The number of carbonyl (C=O) groups excluding carboxylic acids is 1. The highest BCUT2D eigenvalue weighted by molar-refractivity contribution is 7.12. The maximum atomic E-state index is 12.2. The second-order valence-electron chi connectivity index (χ2n) is 5.22. The van der Waals surface area contributed by atoms with Crippen molar-refractivity contribution in [2.45, 2.75) is 26.7 Å². The third kappa shape index (κ3) is 4.68. The molecule has 0 saturated carbocycles. The summed E-state index contributed by atoms with van der Waals surface area (Å²) in [4.78, 5) is 15.4. The van der Waals surface area contributed by atoms with Crippen molar-refractivity contribution in [3.05, 3.63) is 52.2 Å². The third-order valence-corrected chi connectivity index (χ3v) is 4.69. The molecule has 2 rings (SSSR count). The summed E-state index contributed by atoms with van der Waals surface area (Å²) in [6, 6.07) is 11.8. The molecule has 3 nitrogen and oxygen atoms in total. The van der Waals surface area contributed by atoms with Crippen LogP contribution in [0.5, 0.6) is 0 Å². The van der Waals surface area contributed by atoms with E-state index in [0.717, 1.165) is 43.0 Å². The van der Waals surface area contributed by atoms with E-state index in [9.17, 15) is 4.79 Å². The van der Waals surface area contributed by atoms with E-state index >= 15 is 0 Å². The van der Waals surface area contributed by atoms with E-state index < -0.39 is 0 Å². The lowest BCUT2D eigenvalue weighted by Crippen LogP contribution is -2.24. The molecule has 1 aromatic heterocycles. The highest BCUT2D eigenvalue weighted by Gasteiger charge is 2.09. The summed E-state index contributed by atoms with van der Waals surface area (Å²) in [5, 5.41) is 4.96. The average Bonchev–Trinajstić information content (AvgIpc) is 3.07. The minimum absolute atomic E-state index is 0.0220. The number of rotatable bonds is 8. The Labute approximate surface area is 137 Å². The van der Waals surface area contributed by atoms with Crippen LogP contribution < -0.4 is 5.32 Å². The number of nitrogens with one attached hydrogen (secondary N) is 1. The minimum atomic E-state index is -0.0220. The van der Waals surface area contributed by atoms with Gasteiger partial charge in [0, 0.05) is 5.69 Å². The van der Waals surface area contributed by atoms with E-state index in [1.165, 1.54) is 16.9 Å². The number of hydrogen-bond donors (Lipinski definition) is 1. The maximum Gasteiger partial charge on any atom is 0.265 e. The predicted octanol–water partition coefficient (Wildman–Crippen LogP) is 4.27. The Balaban J connectivity index is 1.96. The molecule has 0 bridgehead atoms. The molecule has 0 aliphatic carbocycles. The molecule has 1 N–H and O–H groups in total. The van der Waals surface area contributed by atoms with Crippen molar-refractivity contribution in [2.24, 2.45) is 0 Å². The number of nitrogens with zero attached hydrogens (tertiary/aromatic N) is 1. The van der Waals surface area contributed by atoms with E-state index in [1.54, 1.807) is 0 Å². The van der Waals surface area contributed by atoms with Crippen molar-refractivity contribution in [3.63, 3.8) is 0 Å². The van der Waals surface area contributed by atoms with Gasteiger partial charge in [0.05, 0.1) is 4.88 Å². The van der Waals surface area contributed by atoms with Crippen LogP contribution in [0.25, 0.3) is 0 Å². The molecular weight excluding hydrogens is 292 g/mol. The largest absolute Gasteiger partial charge is 0.321 e. The Morgan fingerprint density at radius 3 is 2.59 bits per heavy atom. The van der Waals surface area contributed by atoms with Gasteiger partial charge in [0.1, 0.15) is 0 Å². The van der Waals surface area contributed by atoms with Gasteiger partial charge in [-0.2, -0.15) is 0 Å². The molecule has 118 valence electrons. The lowest BCUT2D eigenvalue weighted by molar-refractivity contribution is 0.103. The number of para-hydroxylation sites is 1. The van der Waals surface area contributed by atoms with E-state index in [4.69, 9.17) is 0 Å². The fraction of sp³-hybridized carbons (Fsp3) is 0.389. The molecule has 0 radical (unpaired) electrons. The van der Waals surface area contributed by atoms with Gasteiger partial charge in [-0.25, -0.2) is 0 Å². The number of anilines is 1. The quantitative estimate of drug-likeness (QED) is 0.788. The molecule has 2 aromatic rings. The fourth-order valence-electron chi connectivity index (χ4n) is 2.48. The van der Waals surface area contributed by atoms with Crippen molar-refractivity contribution >= 4 is 22.9 Å². The van der Waals surface area contributed by atoms with Crippen LogP contribution in [0.4, 0.5) is 5.69 Å². The molecular formula is C18H24N2OS. The Kier molecular flexibility index (Phi) is 6.62. The summed E-state index contributed by atoms with van der Waals surface area (Å²) >= 11 is 1.47. The summed E-state index contributed by atoms with van der Waals surface area (Å²) < 4.78 is 0. The van der Waals surface area contributed by atoms with Gasteiger partial charge in [-0.15, -0.1) is 11.3 Å². The summed E-state index contributed by atoms with van der Waals surface area (Å²) in [5.41, 5.74) is 2.14. The molecule has 0 saturated heterocycles. The lowest BCUT2D eigenvalue weighted by Gasteiger charge is -2.18. The van der Waals surface area contributed by atoms with Crippen LogP contribution in [0.15, 0.2) is 41.8 Å². The van der Waals surface area contributed by atoms with E-state index in [0.29, 0.717) is 0 Å². The second-order valence-corrected chi connectivity index (χ2v) is 6.17. The highest BCUT2D eigenvalue weighted by atomic mass is 32.1. The smallest absolute Gasteiger partial charge is 0.265 e. The van der Waals surface area contributed by atoms with E-state index in [2.05, 4.69) is 30.1 Å². The normalized spacial score (nSPS) is 10.9. The first kappa shape index (κ1) is 16.7. The molecule has 0 unspecified atom stereocenters. The van der Waals surface area contributed by atoms with Crippen LogP contribution in [0.2, 0.25) is 0 Å². The summed E-state index contributed by atoms with van der Waals surface area (Å²) in [5.74, 6) is -0.0220. The molecule has 22 heavy (non-hydrogen) atoms. The van der Waals surface area contributed by atoms with Crippen molar-refractivity contribution in [1.82, 2.24) is 4.90 Å². The number of amides is 1. The predicted molar refractivity (Wildman–Crippen MR) is 94.8 cm³/mol. The van der Waals surface area contributed by atoms with E-state index in [1.807, 2.05) is 35.7 Å². The molecule has 0 atom stereocenters. The van der Waals surface area contributed by atoms with Crippen LogP contribution in [0.1, 0.15) is 35.5 Å². The number of thiophene rings is 1. The van der Waals surface area contributed by atoms with Crippen LogP contribution in [0.3, 0.4) is 0 Å². The maximum absolute atomic E-state index is 12.2. The number of aryl methyl sites for hydroxylation is 1. The fourth-order valence-corrected chi connectivity index (χ4v) is 3.10. The molecule has 0 aliphatic rings. The first-order valence-electron chi connectivity index (χ1n) is 7.89. The van der Waals surface area contributed by atoms with Gasteiger partial charge in [0.2, 0.25) is 0 Å². The van der Waals surface area contributed by atoms with Crippen molar-refractivity contribution in [1.29, 1.82) is 0 Å². The molecule has 1 heterocycles. The van der Waals surface area contributed by atoms with Crippen LogP contribution in [-0.2, 0) is 6.42 Å². The Morgan fingerprint density at radius 2 is 1.91 bits per heavy atom. The average molecular weight is 316 g/mol. The van der Waals surface area contributed by atoms with Gasteiger partial charge in [-0.3, -0.25) is 4.79 Å². The summed E-state index contributed by atoms with van der Waals surface area (Å²) in [6.45, 7) is 7.66. The zero-order valence-corrected chi connectivity index (χ0v) is 14.2. The van der Waals surface area contributed by atoms with Gasteiger partial charge in [-0.1, -0.05) is 38.1 Å². The van der Waals surface area contributed by atoms with Crippen LogP contribution in [-0.4, -0.2) is 30.4 Å². The molecule has 4 heteroatoms. The van der Waals surface area contributed by atoms with Crippen molar-refractivity contribution < 1.29 is 4.79 Å². The first-order valence-corrected chi connectivity index (χ1v) is 8.77. The number of hydrogen-bond acceptors (Lipinski definition) is 3. The SMILES string of the molecule is CCN(CC)CCCc1ccccc1NC(=O)c1cccs1. The molecule has 1 amide bonds. The van der Waals surface area contributed by atoms with Crippen molar-refractivity contribution in [3.8, 4) is 0 Å². The van der Waals surface area contributed by atoms with Gasteiger partial charge >= 0.3 is 0 Å². The standard InChI is InChI=1S/C18H24N2OS/c1-3-20(4-2)13-7-10-15-9-5-6-11-16(15)19-18(21)17-12-8-14-22-17/h5-6,8-9,11-12,14H,3-4,7,10,13H2,1-2H3,(H,19,21). The Morgan fingerprint density at radius 1 is 1.14 bits per heavy atom. The topological polar surface area (TPSA) is 32.3 Å². The van der Waals surface area contributed by atoms with E-state index in [-0.39, 0.29) is 5.91 Å². The zero-order valence-electron chi connectivity index (χ0n) is 13.3. The van der Waals surface area contributed by atoms with Gasteiger partial charge in [-0.05, 0) is 55.6 Å². The zero-order chi connectivity index (χ0) is 15.8. The number of carbonyl (C=O) groups is 1. The second kappa shape index (κ2) is 8.71. The van der Waals surface area contributed by atoms with Gasteiger partial charge in [0.15, 0.2) is 0 Å². The number of benzene rings is 1. The monoisotopic (exact) mass is 316 g/mol. The Bertz CT molecular complexity index is 577. The molecule has 1 aromatic carbocycles. The third-order valence-electron chi connectivity index (χ3n) is 3.83. The first-order chi connectivity index (χ1) is 10.7. The summed E-state index contributed by atoms with van der Waals surface area (Å²) in [7, 11) is 0. The molecule has 0 fully saturated rings. The van der Waals surface area contributed by atoms with Crippen LogP contribution in [0, 0.1) is 0 Å². The van der Waals surface area contributed by atoms with Gasteiger partial charge in [0.25, 0.3) is 5.91 Å². The van der Waals surface area contributed by atoms with Gasteiger partial charge < -0.3 is 10.2 Å². The molecule has 0 spiro atoms.